The van der Waals surface area contributed by atoms with E-state index in [2.05, 4.69) is 20.9 Å². The second-order valence-corrected chi connectivity index (χ2v) is 9.17. The van der Waals surface area contributed by atoms with Crippen LogP contribution in [0.2, 0.25) is 0 Å². The van der Waals surface area contributed by atoms with E-state index < -0.39 is 11.8 Å². The molecule has 33 heavy (non-hydrogen) atoms. The summed E-state index contributed by atoms with van der Waals surface area (Å²) in [6, 6.07) is 3.67. The van der Waals surface area contributed by atoms with E-state index >= 15 is 4.39 Å². The van der Waals surface area contributed by atoms with Crippen molar-refractivity contribution in [2.75, 3.05) is 12.0 Å². The molecule has 1 aromatic carbocycles. The van der Waals surface area contributed by atoms with Crippen molar-refractivity contribution in [3.05, 3.63) is 45.8 Å². The fourth-order valence-electron chi connectivity index (χ4n) is 4.02. The molecule has 0 saturated heterocycles. The zero-order valence-corrected chi connectivity index (χ0v) is 20.5. The van der Waals surface area contributed by atoms with E-state index in [4.69, 9.17) is 9.47 Å². The van der Waals surface area contributed by atoms with E-state index in [1.54, 1.807) is 6.07 Å². The van der Waals surface area contributed by atoms with Crippen LogP contribution in [0.4, 0.5) is 10.1 Å². The molecule has 178 valence electrons. The standard InChI is InChI=1S/C24H28BrFN2O5/c1-14(2)28(23(30)16-7-5-4-6-8-16)20-11-19(26)21(10-17(20)24(31)32-3)33-22-18(25)9-15(13-29)12-27-22/h9-12,14,16,29H,4-8,13H2,1-3H3. The Hall–Kier alpha value is -2.52. The van der Waals surface area contributed by atoms with E-state index in [1.165, 1.54) is 24.3 Å². The summed E-state index contributed by atoms with van der Waals surface area (Å²) in [4.78, 5) is 31.6. The topological polar surface area (TPSA) is 89.0 Å². The Morgan fingerprint density at radius 1 is 1.24 bits per heavy atom. The van der Waals surface area contributed by atoms with E-state index in [9.17, 15) is 14.7 Å². The van der Waals surface area contributed by atoms with Gasteiger partial charge in [-0.15, -0.1) is 0 Å². The third kappa shape index (κ3) is 5.70. The van der Waals surface area contributed by atoms with Gasteiger partial charge < -0.3 is 19.5 Å². The number of amides is 1. The number of hydrogen-bond donors (Lipinski definition) is 1. The van der Waals surface area contributed by atoms with Crippen LogP contribution >= 0.6 is 15.9 Å². The number of nitrogens with zero attached hydrogens (tertiary/aromatic N) is 2. The van der Waals surface area contributed by atoms with Crippen LogP contribution < -0.4 is 9.64 Å². The maximum atomic E-state index is 15.2. The number of aliphatic hydroxyl groups is 1. The van der Waals surface area contributed by atoms with Gasteiger partial charge in [0.05, 0.1) is 29.4 Å². The van der Waals surface area contributed by atoms with Crippen molar-refractivity contribution in [1.29, 1.82) is 0 Å². The van der Waals surface area contributed by atoms with Gasteiger partial charge in [0.2, 0.25) is 11.8 Å². The van der Waals surface area contributed by atoms with Crippen molar-refractivity contribution in [2.24, 2.45) is 5.92 Å². The van der Waals surface area contributed by atoms with Gasteiger partial charge in [0.15, 0.2) is 11.6 Å². The number of ether oxygens (including phenoxy) is 2. The molecule has 2 aromatic rings. The number of anilines is 1. The summed E-state index contributed by atoms with van der Waals surface area (Å²) in [5, 5.41) is 9.23. The maximum Gasteiger partial charge on any atom is 0.340 e. The van der Waals surface area contributed by atoms with Crippen molar-refractivity contribution in [1.82, 2.24) is 4.98 Å². The molecule has 1 fully saturated rings. The molecule has 0 atom stereocenters. The first-order valence-corrected chi connectivity index (χ1v) is 11.7. The van der Waals surface area contributed by atoms with E-state index in [1.807, 2.05) is 13.8 Å². The summed E-state index contributed by atoms with van der Waals surface area (Å²) < 4.78 is 26.1. The lowest BCUT2D eigenvalue weighted by molar-refractivity contribution is -0.123. The van der Waals surface area contributed by atoms with Crippen LogP contribution in [0.5, 0.6) is 11.6 Å². The summed E-state index contributed by atoms with van der Waals surface area (Å²) in [5.41, 5.74) is 0.726. The Labute approximate surface area is 201 Å². The van der Waals surface area contributed by atoms with Gasteiger partial charge in [-0.25, -0.2) is 14.2 Å². The minimum Gasteiger partial charge on any atom is -0.465 e. The lowest BCUT2D eigenvalue weighted by atomic mass is 9.87. The monoisotopic (exact) mass is 522 g/mol. The Bertz CT molecular complexity index is 1020. The number of benzene rings is 1. The number of carbonyl (C=O) groups excluding carboxylic acids is 2. The Kier molecular flexibility index (Phi) is 8.42. The van der Waals surface area contributed by atoms with Crippen LogP contribution in [0, 0.1) is 11.7 Å². The van der Waals surface area contributed by atoms with Gasteiger partial charge in [0, 0.05) is 30.3 Å². The minimum atomic E-state index is -0.750. The number of carbonyl (C=O) groups is 2. The second-order valence-electron chi connectivity index (χ2n) is 8.32. The highest BCUT2D eigenvalue weighted by Gasteiger charge is 2.32. The molecular formula is C24H28BrFN2O5. The molecule has 9 heteroatoms. The summed E-state index contributed by atoms with van der Waals surface area (Å²) in [6.07, 6.45) is 6.01. The molecule has 7 nitrogen and oxygen atoms in total. The molecule has 0 spiro atoms. The molecule has 0 radical (unpaired) electrons. The third-order valence-electron chi connectivity index (χ3n) is 5.68. The first-order chi connectivity index (χ1) is 15.8. The summed E-state index contributed by atoms with van der Waals surface area (Å²) >= 11 is 3.29. The lowest BCUT2D eigenvalue weighted by Gasteiger charge is -2.33. The van der Waals surface area contributed by atoms with Crippen molar-refractivity contribution in [2.45, 2.75) is 58.6 Å². The Morgan fingerprint density at radius 3 is 2.52 bits per heavy atom. The first-order valence-electron chi connectivity index (χ1n) is 10.9. The second kappa shape index (κ2) is 11.1. The van der Waals surface area contributed by atoms with Crippen LogP contribution in [-0.2, 0) is 16.1 Å². The van der Waals surface area contributed by atoms with Gasteiger partial charge >= 0.3 is 5.97 Å². The molecule has 1 aromatic heterocycles. The molecule has 1 N–H and O–H groups in total. The van der Waals surface area contributed by atoms with Crippen LogP contribution in [0.25, 0.3) is 0 Å². The van der Waals surface area contributed by atoms with Gasteiger partial charge in [0.25, 0.3) is 0 Å². The molecular weight excluding hydrogens is 495 g/mol. The quantitative estimate of drug-likeness (QED) is 0.491. The fraction of sp³-hybridized carbons (Fsp3) is 0.458. The van der Waals surface area contributed by atoms with E-state index in [-0.39, 0.29) is 47.4 Å². The van der Waals surface area contributed by atoms with Crippen molar-refractivity contribution >= 4 is 33.5 Å². The molecule has 1 heterocycles. The maximum absolute atomic E-state index is 15.2. The molecule has 0 aliphatic heterocycles. The molecule has 0 unspecified atom stereocenters. The average Bonchev–Trinajstić information content (AvgIpc) is 2.81. The number of rotatable bonds is 7. The zero-order chi connectivity index (χ0) is 24.1. The largest absolute Gasteiger partial charge is 0.465 e. The SMILES string of the molecule is COC(=O)c1cc(Oc2ncc(CO)cc2Br)c(F)cc1N(C(=O)C1CCCCC1)C(C)C. The summed E-state index contributed by atoms with van der Waals surface area (Å²) in [5.74, 6) is -1.91. The Balaban J connectivity index is 2.03. The highest BCUT2D eigenvalue weighted by molar-refractivity contribution is 9.10. The Morgan fingerprint density at radius 2 is 1.94 bits per heavy atom. The predicted molar refractivity (Wildman–Crippen MR) is 125 cm³/mol. The average molecular weight is 523 g/mol. The lowest BCUT2D eigenvalue weighted by Crippen LogP contribution is -2.42. The zero-order valence-electron chi connectivity index (χ0n) is 18.9. The van der Waals surface area contributed by atoms with Crippen molar-refractivity contribution in [3.8, 4) is 11.6 Å². The van der Waals surface area contributed by atoms with E-state index in [0.29, 0.717) is 10.0 Å². The smallest absolute Gasteiger partial charge is 0.340 e. The van der Waals surface area contributed by atoms with Crippen LogP contribution in [0.3, 0.4) is 0 Å². The number of aromatic nitrogens is 1. The highest BCUT2D eigenvalue weighted by Crippen LogP contribution is 2.36. The van der Waals surface area contributed by atoms with Crippen molar-refractivity contribution < 1.29 is 28.6 Å². The van der Waals surface area contributed by atoms with Gasteiger partial charge in [-0.3, -0.25) is 4.79 Å². The minimum absolute atomic E-state index is 0.0230. The molecule has 1 amide bonds. The normalized spacial score (nSPS) is 14.3. The number of esters is 1. The third-order valence-corrected chi connectivity index (χ3v) is 6.24. The fourth-order valence-corrected chi connectivity index (χ4v) is 4.50. The summed E-state index contributed by atoms with van der Waals surface area (Å²) in [7, 11) is 1.23. The van der Waals surface area contributed by atoms with E-state index in [0.717, 1.165) is 38.2 Å². The highest BCUT2D eigenvalue weighted by atomic mass is 79.9. The van der Waals surface area contributed by atoms with Gasteiger partial charge in [-0.2, -0.15) is 0 Å². The number of aliphatic hydroxyl groups excluding tert-OH is 1. The van der Waals surface area contributed by atoms with Crippen LogP contribution in [0.15, 0.2) is 28.9 Å². The number of pyridine rings is 1. The van der Waals surface area contributed by atoms with Crippen LogP contribution in [0.1, 0.15) is 61.9 Å². The van der Waals surface area contributed by atoms with Gasteiger partial charge in [-0.05, 0) is 54.2 Å². The van der Waals surface area contributed by atoms with Crippen LogP contribution in [-0.4, -0.2) is 35.1 Å². The molecule has 3 rings (SSSR count). The molecule has 1 aliphatic carbocycles. The van der Waals surface area contributed by atoms with Gasteiger partial charge in [-0.1, -0.05) is 19.3 Å². The molecule has 1 aliphatic rings. The van der Waals surface area contributed by atoms with Crippen molar-refractivity contribution in [3.63, 3.8) is 0 Å². The number of methoxy groups -OCH3 is 1. The molecule has 1 saturated carbocycles. The van der Waals surface area contributed by atoms with Gasteiger partial charge in [0.1, 0.15) is 0 Å². The number of hydrogen-bond acceptors (Lipinski definition) is 6. The predicted octanol–water partition coefficient (Wildman–Crippen LogP) is 5.38. The summed E-state index contributed by atoms with van der Waals surface area (Å²) in [6.45, 7) is 3.45. The number of halogens is 2. The molecule has 0 bridgehead atoms. The first kappa shape index (κ1) is 25.1.